The minimum absolute atomic E-state index is 0.0129. The first-order valence-electron chi connectivity index (χ1n) is 9.95. The number of H-pyrrole nitrogens is 1. The summed E-state index contributed by atoms with van der Waals surface area (Å²) in [6.45, 7) is 1.23. The van der Waals surface area contributed by atoms with Gasteiger partial charge in [0.1, 0.15) is 24.0 Å². The Hall–Kier alpha value is -3.56. The topological polar surface area (TPSA) is 89.4 Å². The van der Waals surface area contributed by atoms with E-state index in [2.05, 4.69) is 9.97 Å². The molecule has 4 aromatic rings. The second-order valence-electron chi connectivity index (χ2n) is 7.93. The van der Waals surface area contributed by atoms with Gasteiger partial charge in [0.25, 0.3) is 5.56 Å². The average molecular weight is 439 g/mol. The summed E-state index contributed by atoms with van der Waals surface area (Å²) in [4.78, 5) is 19.4. The summed E-state index contributed by atoms with van der Waals surface area (Å²) in [5.74, 6) is -0.851. The monoisotopic (exact) mass is 439 g/mol. The Morgan fingerprint density at radius 3 is 2.50 bits per heavy atom. The zero-order valence-electron chi connectivity index (χ0n) is 16.8. The molecule has 1 fully saturated rings. The van der Waals surface area contributed by atoms with E-state index in [0.29, 0.717) is 42.1 Å². The zero-order valence-corrected chi connectivity index (χ0v) is 16.8. The molecule has 2 aromatic heterocycles. The molecule has 1 aliphatic rings. The smallest absolute Gasteiger partial charge is 0.260 e. The molecule has 0 radical (unpaired) electrons. The van der Waals surface area contributed by atoms with E-state index < -0.39 is 11.6 Å². The Balaban J connectivity index is 1.52. The van der Waals surface area contributed by atoms with Crippen LogP contribution in [0.15, 0.2) is 59.8 Å². The van der Waals surface area contributed by atoms with Crippen LogP contribution in [0.5, 0.6) is 5.75 Å². The lowest BCUT2D eigenvalue weighted by Crippen LogP contribution is -2.49. The lowest BCUT2D eigenvalue weighted by atomic mass is 9.88. The molecule has 1 saturated heterocycles. The Labute approximate surface area is 180 Å². The normalized spacial score (nSPS) is 15.0. The SMILES string of the molecule is O=c1[nH]cnc2c1c(-c1ccc(OCC3(CO)COC3)cc1)cn2-c1cc(F)cc(F)c1. The number of nitrogens with one attached hydrogen (secondary N) is 1. The first-order valence-corrected chi connectivity index (χ1v) is 9.95. The van der Waals surface area contributed by atoms with Gasteiger partial charge >= 0.3 is 0 Å². The minimum atomic E-state index is -0.729. The molecule has 3 heterocycles. The third-order valence-electron chi connectivity index (χ3n) is 5.58. The molecular formula is C23H19F2N3O4. The second-order valence-corrected chi connectivity index (χ2v) is 7.93. The molecule has 2 N–H and O–H groups in total. The number of nitrogens with zero attached hydrogens (tertiary/aromatic N) is 2. The van der Waals surface area contributed by atoms with Gasteiger partial charge in [-0.05, 0) is 29.8 Å². The van der Waals surface area contributed by atoms with Crippen LogP contribution in [-0.2, 0) is 4.74 Å². The third-order valence-corrected chi connectivity index (χ3v) is 5.58. The Morgan fingerprint density at radius 2 is 1.88 bits per heavy atom. The summed E-state index contributed by atoms with van der Waals surface area (Å²) in [6.07, 6.45) is 2.88. The molecule has 9 heteroatoms. The highest BCUT2D eigenvalue weighted by Gasteiger charge is 2.39. The number of aliphatic hydroxyl groups is 1. The summed E-state index contributed by atoms with van der Waals surface area (Å²) >= 11 is 0. The summed E-state index contributed by atoms with van der Waals surface area (Å²) in [5, 5.41) is 9.82. The molecule has 1 aliphatic heterocycles. The van der Waals surface area contributed by atoms with E-state index >= 15 is 0 Å². The van der Waals surface area contributed by atoms with Crippen molar-refractivity contribution >= 4 is 11.0 Å². The van der Waals surface area contributed by atoms with E-state index in [9.17, 15) is 18.7 Å². The van der Waals surface area contributed by atoms with E-state index in [1.54, 1.807) is 30.5 Å². The van der Waals surface area contributed by atoms with Crippen molar-refractivity contribution in [1.82, 2.24) is 14.5 Å². The second kappa shape index (κ2) is 7.85. The third kappa shape index (κ3) is 3.55. The highest BCUT2D eigenvalue weighted by atomic mass is 19.1. The Morgan fingerprint density at radius 1 is 1.16 bits per heavy atom. The van der Waals surface area contributed by atoms with Crippen LogP contribution < -0.4 is 10.3 Å². The van der Waals surface area contributed by atoms with Gasteiger partial charge in [-0.15, -0.1) is 0 Å². The first kappa shape index (κ1) is 20.3. The van der Waals surface area contributed by atoms with Crippen LogP contribution in [0.3, 0.4) is 0 Å². The van der Waals surface area contributed by atoms with Crippen molar-refractivity contribution in [2.75, 3.05) is 26.4 Å². The Bertz CT molecular complexity index is 1320. The van der Waals surface area contributed by atoms with E-state index in [0.717, 1.165) is 6.07 Å². The van der Waals surface area contributed by atoms with Gasteiger partial charge < -0.3 is 24.1 Å². The molecule has 0 amide bonds. The standard InChI is InChI=1S/C23H19F2N3O4/c24-15-5-16(25)7-17(6-15)28-8-19(20-21(28)26-13-27-22(20)30)14-1-3-18(4-2-14)32-12-23(9-29)10-31-11-23/h1-8,13,29H,9-12H2,(H,26,27,30). The molecule has 0 unspecified atom stereocenters. The predicted octanol–water partition coefficient (Wildman–Crippen LogP) is 3.05. The van der Waals surface area contributed by atoms with Crippen molar-refractivity contribution in [2.24, 2.45) is 5.41 Å². The van der Waals surface area contributed by atoms with Crippen LogP contribution in [0.4, 0.5) is 8.78 Å². The summed E-state index contributed by atoms with van der Waals surface area (Å²) < 4.78 is 40.1. The molecule has 2 aromatic carbocycles. The number of benzene rings is 2. The van der Waals surface area contributed by atoms with Crippen molar-refractivity contribution in [3.8, 4) is 22.6 Å². The summed E-state index contributed by atoms with van der Waals surface area (Å²) in [5.41, 5.74) is 1.03. The largest absolute Gasteiger partial charge is 0.493 e. The van der Waals surface area contributed by atoms with Gasteiger partial charge in [0.15, 0.2) is 5.65 Å². The van der Waals surface area contributed by atoms with Crippen molar-refractivity contribution in [3.63, 3.8) is 0 Å². The van der Waals surface area contributed by atoms with Gasteiger partial charge in [0.2, 0.25) is 0 Å². The van der Waals surface area contributed by atoms with Crippen LogP contribution >= 0.6 is 0 Å². The predicted molar refractivity (Wildman–Crippen MR) is 113 cm³/mol. The van der Waals surface area contributed by atoms with Crippen molar-refractivity contribution in [1.29, 1.82) is 0 Å². The molecule has 0 spiro atoms. The molecule has 0 saturated carbocycles. The van der Waals surface area contributed by atoms with Crippen LogP contribution in [0.25, 0.3) is 27.8 Å². The number of hydrogen-bond acceptors (Lipinski definition) is 5. The van der Waals surface area contributed by atoms with Crippen LogP contribution in [0.1, 0.15) is 0 Å². The molecular weight excluding hydrogens is 420 g/mol. The number of aromatic nitrogens is 3. The van der Waals surface area contributed by atoms with E-state index in [1.165, 1.54) is 23.0 Å². The molecule has 7 nitrogen and oxygen atoms in total. The molecule has 32 heavy (non-hydrogen) atoms. The van der Waals surface area contributed by atoms with Gasteiger partial charge in [0, 0.05) is 17.8 Å². The fraction of sp³-hybridized carbons (Fsp3) is 0.217. The fourth-order valence-electron chi connectivity index (χ4n) is 3.74. The van der Waals surface area contributed by atoms with E-state index in [-0.39, 0.29) is 28.9 Å². The number of aliphatic hydroxyl groups excluding tert-OH is 1. The highest BCUT2D eigenvalue weighted by Crippen LogP contribution is 2.32. The van der Waals surface area contributed by atoms with Crippen molar-refractivity contribution in [3.05, 3.63) is 77.0 Å². The molecule has 0 aliphatic carbocycles. The number of hydrogen-bond donors (Lipinski definition) is 2. The quantitative estimate of drug-likeness (QED) is 0.482. The van der Waals surface area contributed by atoms with E-state index in [1.807, 2.05) is 0 Å². The highest BCUT2D eigenvalue weighted by molar-refractivity contribution is 5.94. The van der Waals surface area contributed by atoms with Crippen LogP contribution in [0.2, 0.25) is 0 Å². The van der Waals surface area contributed by atoms with Gasteiger partial charge in [-0.2, -0.15) is 0 Å². The molecule has 0 atom stereocenters. The zero-order chi connectivity index (χ0) is 22.3. The summed E-state index contributed by atoms with van der Waals surface area (Å²) in [7, 11) is 0. The first-order chi connectivity index (χ1) is 15.5. The van der Waals surface area contributed by atoms with Crippen molar-refractivity contribution in [2.45, 2.75) is 0 Å². The maximum Gasteiger partial charge on any atom is 0.260 e. The van der Waals surface area contributed by atoms with Crippen LogP contribution in [-0.4, -0.2) is 46.1 Å². The number of halogens is 2. The number of rotatable bonds is 6. The fourth-order valence-corrected chi connectivity index (χ4v) is 3.74. The summed E-state index contributed by atoms with van der Waals surface area (Å²) in [6, 6.07) is 10.2. The van der Waals surface area contributed by atoms with Gasteiger partial charge in [-0.1, -0.05) is 12.1 Å². The van der Waals surface area contributed by atoms with Crippen molar-refractivity contribution < 1.29 is 23.4 Å². The maximum atomic E-state index is 13.8. The van der Waals surface area contributed by atoms with Gasteiger partial charge in [-0.3, -0.25) is 4.79 Å². The molecule has 0 bridgehead atoms. The van der Waals surface area contributed by atoms with Gasteiger partial charge in [-0.25, -0.2) is 13.8 Å². The number of ether oxygens (including phenoxy) is 2. The lowest BCUT2D eigenvalue weighted by Gasteiger charge is -2.39. The maximum absolute atomic E-state index is 13.8. The number of aromatic amines is 1. The van der Waals surface area contributed by atoms with E-state index in [4.69, 9.17) is 9.47 Å². The average Bonchev–Trinajstić information content (AvgIpc) is 3.14. The van der Waals surface area contributed by atoms with Gasteiger partial charge in [0.05, 0.1) is 42.6 Å². The molecule has 5 rings (SSSR count). The molecule has 164 valence electrons. The van der Waals surface area contributed by atoms with Crippen LogP contribution in [0, 0.1) is 17.0 Å². The lowest BCUT2D eigenvalue weighted by molar-refractivity contribution is -0.153. The minimum Gasteiger partial charge on any atom is -0.493 e. The Kier molecular flexibility index (Phi) is 4.99. The number of fused-ring (bicyclic) bond motifs is 1.